The van der Waals surface area contributed by atoms with Crippen LogP contribution in [0.2, 0.25) is 0 Å². The van der Waals surface area contributed by atoms with Crippen molar-refractivity contribution in [1.29, 1.82) is 0 Å². The van der Waals surface area contributed by atoms with Gasteiger partial charge >= 0.3 is 5.97 Å². The summed E-state index contributed by atoms with van der Waals surface area (Å²) >= 11 is 0. The summed E-state index contributed by atoms with van der Waals surface area (Å²) in [6.07, 6.45) is -8.18. The van der Waals surface area contributed by atoms with E-state index in [1.165, 1.54) is 30.3 Å². The summed E-state index contributed by atoms with van der Waals surface area (Å²) in [5.74, 6) is -3.03. The fraction of sp³-hybridized carbons (Fsp3) is 0.259. The Hall–Kier alpha value is -3.76. The zero-order chi connectivity index (χ0) is 25.7. The number of hydrogen-bond donors (Lipinski definition) is 5. The lowest BCUT2D eigenvalue weighted by Gasteiger charge is -2.44. The number of benzene rings is 3. The van der Waals surface area contributed by atoms with Crippen molar-refractivity contribution in [3.8, 4) is 11.5 Å². The van der Waals surface area contributed by atoms with E-state index < -0.39 is 48.4 Å². The molecule has 0 saturated carbocycles. The Labute approximate surface area is 205 Å². The van der Waals surface area contributed by atoms with Crippen molar-refractivity contribution in [2.45, 2.75) is 43.5 Å². The van der Waals surface area contributed by atoms with Gasteiger partial charge in [0.05, 0.1) is 16.7 Å². The normalized spacial score (nSPS) is 27.2. The third-order valence-electron chi connectivity index (χ3n) is 6.66. The first-order valence-corrected chi connectivity index (χ1v) is 11.3. The maximum atomic E-state index is 13.3. The molecule has 2 aliphatic rings. The molecule has 0 spiro atoms. The molecule has 0 amide bonds. The topological polar surface area (TPSA) is 154 Å². The molecule has 3 aromatic carbocycles. The number of aliphatic hydroxyl groups is 3. The maximum Gasteiger partial charge on any atom is 0.340 e. The van der Waals surface area contributed by atoms with Gasteiger partial charge in [-0.3, -0.25) is 4.79 Å². The second kappa shape index (κ2) is 9.03. The summed E-state index contributed by atoms with van der Waals surface area (Å²) in [5.41, 5.74) is 1.24. The molecule has 9 nitrogen and oxygen atoms in total. The van der Waals surface area contributed by atoms with E-state index in [4.69, 9.17) is 9.47 Å². The van der Waals surface area contributed by atoms with E-state index in [2.05, 4.69) is 0 Å². The van der Waals surface area contributed by atoms with Crippen LogP contribution in [0.4, 0.5) is 0 Å². The quantitative estimate of drug-likeness (QED) is 0.344. The molecule has 6 atom stereocenters. The molecule has 5 N–H and O–H groups in total. The predicted octanol–water partition coefficient (Wildman–Crippen LogP) is 1.75. The Balaban J connectivity index is 1.60. The number of phenolic OH excluding ortho intramolecular Hbond substituents is 2. The largest absolute Gasteiger partial charge is 0.507 e. The third kappa shape index (κ3) is 3.82. The lowest BCUT2D eigenvalue weighted by Crippen LogP contribution is -2.60. The van der Waals surface area contributed by atoms with Gasteiger partial charge in [-0.05, 0) is 47.9 Å². The highest BCUT2D eigenvalue weighted by molar-refractivity contribution is 6.16. The van der Waals surface area contributed by atoms with Crippen LogP contribution in [0.5, 0.6) is 11.5 Å². The number of hydrogen-bond acceptors (Lipinski definition) is 9. The first kappa shape index (κ1) is 24.0. The smallest absolute Gasteiger partial charge is 0.340 e. The molecule has 9 heteroatoms. The van der Waals surface area contributed by atoms with Crippen molar-refractivity contribution < 1.29 is 44.6 Å². The first-order chi connectivity index (χ1) is 17.2. The van der Waals surface area contributed by atoms with Gasteiger partial charge in [0.1, 0.15) is 35.9 Å². The van der Waals surface area contributed by atoms with Gasteiger partial charge < -0.3 is 35.0 Å². The van der Waals surface area contributed by atoms with E-state index >= 15 is 0 Å². The van der Waals surface area contributed by atoms with Gasteiger partial charge in [0.15, 0.2) is 0 Å². The van der Waals surface area contributed by atoms with E-state index in [-0.39, 0.29) is 28.2 Å². The summed E-state index contributed by atoms with van der Waals surface area (Å²) in [5, 5.41) is 53.3. The molecular formula is C27H24O9. The molecule has 36 heavy (non-hydrogen) atoms. The average molecular weight is 492 g/mol. The number of ketones is 1. The van der Waals surface area contributed by atoms with Gasteiger partial charge in [0.2, 0.25) is 12.1 Å². The van der Waals surface area contributed by atoms with Crippen molar-refractivity contribution in [2.24, 2.45) is 0 Å². The van der Waals surface area contributed by atoms with Gasteiger partial charge in [-0.25, -0.2) is 4.79 Å². The molecule has 1 heterocycles. The van der Waals surface area contributed by atoms with E-state index in [1.807, 2.05) is 0 Å². The highest BCUT2D eigenvalue weighted by Crippen LogP contribution is 2.47. The number of aliphatic hydroxyl groups excluding tert-OH is 3. The SMILES string of the molecule is Cc1cc(O)c2c(c1)[C@H]([C@H]1O[C@H](OC(=O)c3ccccc3)[C@@H](O)[C@@H](O)[C@@H]1O)c1cccc(O)c1C2=O. The molecule has 3 aromatic rings. The van der Waals surface area contributed by atoms with Crippen LogP contribution in [0, 0.1) is 6.92 Å². The molecule has 0 aromatic heterocycles. The Morgan fingerprint density at radius 2 is 1.53 bits per heavy atom. The molecule has 0 radical (unpaired) electrons. The number of aromatic hydroxyl groups is 2. The molecule has 1 fully saturated rings. The summed E-state index contributed by atoms with van der Waals surface area (Å²) in [6.45, 7) is 1.71. The first-order valence-electron chi connectivity index (χ1n) is 11.3. The molecule has 1 aliphatic heterocycles. The third-order valence-corrected chi connectivity index (χ3v) is 6.66. The van der Waals surface area contributed by atoms with Crippen LogP contribution in [0.3, 0.4) is 0 Å². The number of aryl methyl sites for hydroxylation is 1. The lowest BCUT2D eigenvalue weighted by molar-refractivity contribution is -0.282. The average Bonchev–Trinajstić information content (AvgIpc) is 2.85. The highest BCUT2D eigenvalue weighted by atomic mass is 16.7. The number of rotatable bonds is 3. The molecular weight excluding hydrogens is 468 g/mol. The number of phenols is 2. The van der Waals surface area contributed by atoms with Crippen LogP contribution >= 0.6 is 0 Å². The van der Waals surface area contributed by atoms with E-state index in [9.17, 15) is 35.1 Å². The fourth-order valence-corrected chi connectivity index (χ4v) is 4.99. The van der Waals surface area contributed by atoms with Crippen LogP contribution < -0.4 is 0 Å². The van der Waals surface area contributed by atoms with E-state index in [0.29, 0.717) is 16.7 Å². The van der Waals surface area contributed by atoms with E-state index in [0.717, 1.165) is 0 Å². The maximum absolute atomic E-state index is 13.3. The van der Waals surface area contributed by atoms with Gasteiger partial charge in [0.25, 0.3) is 0 Å². The number of carbonyl (C=O) groups excluding carboxylic acids is 2. The number of carbonyl (C=O) groups is 2. The Kier molecular flexibility index (Phi) is 6.01. The molecule has 0 unspecified atom stereocenters. The summed E-state index contributed by atoms with van der Waals surface area (Å²) in [4.78, 5) is 25.9. The Bertz CT molecular complexity index is 1340. The van der Waals surface area contributed by atoms with Gasteiger partial charge in [-0.1, -0.05) is 36.4 Å². The van der Waals surface area contributed by atoms with Crippen molar-refractivity contribution >= 4 is 11.8 Å². The van der Waals surface area contributed by atoms with Crippen LogP contribution in [0.25, 0.3) is 0 Å². The Morgan fingerprint density at radius 1 is 0.833 bits per heavy atom. The predicted molar refractivity (Wildman–Crippen MR) is 125 cm³/mol. The standard InChI is InChI=1S/C27H24O9/c1-12-10-15-18(14-8-5-9-16(28)19(14)21(30)20(15)17(29)11-12)25-23(32)22(31)24(33)27(35-25)36-26(34)13-6-3-2-4-7-13/h2-11,18,22-25,27-29,31-33H,1H3/t18-,22+,23+,24+,25-,27-/m1/s1. The zero-order valence-corrected chi connectivity index (χ0v) is 19.1. The van der Waals surface area contributed by atoms with Gasteiger partial charge in [0, 0.05) is 5.92 Å². The molecule has 0 bridgehead atoms. The summed E-state index contributed by atoms with van der Waals surface area (Å²) in [6, 6.07) is 15.4. The van der Waals surface area contributed by atoms with Crippen molar-refractivity contribution in [2.75, 3.05) is 0 Å². The van der Waals surface area contributed by atoms with Crippen molar-refractivity contribution in [1.82, 2.24) is 0 Å². The number of fused-ring (bicyclic) bond motifs is 2. The van der Waals surface area contributed by atoms with Crippen LogP contribution in [-0.2, 0) is 9.47 Å². The number of esters is 1. The minimum atomic E-state index is -1.77. The minimum Gasteiger partial charge on any atom is -0.507 e. The zero-order valence-electron chi connectivity index (χ0n) is 19.1. The molecule has 186 valence electrons. The Morgan fingerprint density at radius 3 is 2.25 bits per heavy atom. The second-order valence-corrected chi connectivity index (χ2v) is 9.01. The monoisotopic (exact) mass is 492 g/mol. The van der Waals surface area contributed by atoms with E-state index in [1.54, 1.807) is 37.3 Å². The second-order valence-electron chi connectivity index (χ2n) is 9.01. The van der Waals surface area contributed by atoms with Gasteiger partial charge in [-0.2, -0.15) is 0 Å². The van der Waals surface area contributed by atoms with Crippen LogP contribution in [-0.4, -0.2) is 68.0 Å². The number of ether oxygens (including phenoxy) is 2. The van der Waals surface area contributed by atoms with Crippen LogP contribution in [0.1, 0.15) is 48.9 Å². The highest BCUT2D eigenvalue weighted by Gasteiger charge is 2.51. The molecule has 1 saturated heterocycles. The lowest BCUT2D eigenvalue weighted by atomic mass is 9.71. The minimum absolute atomic E-state index is 0.0751. The van der Waals surface area contributed by atoms with Crippen molar-refractivity contribution in [3.63, 3.8) is 0 Å². The molecule has 5 rings (SSSR count). The van der Waals surface area contributed by atoms with Crippen LogP contribution in [0.15, 0.2) is 60.7 Å². The van der Waals surface area contributed by atoms with Gasteiger partial charge in [-0.15, -0.1) is 0 Å². The fourth-order valence-electron chi connectivity index (χ4n) is 4.99. The van der Waals surface area contributed by atoms with Crippen molar-refractivity contribution in [3.05, 3.63) is 94.0 Å². The molecule has 1 aliphatic carbocycles. The summed E-state index contributed by atoms with van der Waals surface area (Å²) in [7, 11) is 0. The summed E-state index contributed by atoms with van der Waals surface area (Å²) < 4.78 is 11.3.